The average Bonchev–Trinajstić information content (AvgIpc) is 2.37. The molecule has 4 heteroatoms. The van der Waals surface area contributed by atoms with Gasteiger partial charge >= 0.3 is 11.9 Å². The first kappa shape index (κ1) is 14.9. The van der Waals surface area contributed by atoms with Crippen LogP contribution >= 0.6 is 0 Å². The minimum absolute atomic E-state index is 0.272. The molecule has 0 aliphatic heterocycles. The highest BCUT2D eigenvalue weighted by Gasteiger charge is 2.53. The maximum atomic E-state index is 12.5. The van der Waals surface area contributed by atoms with Gasteiger partial charge in [0.05, 0.1) is 6.61 Å². The predicted molar refractivity (Wildman–Crippen MR) is 77.4 cm³/mol. The van der Waals surface area contributed by atoms with Crippen molar-refractivity contribution in [3.63, 3.8) is 0 Å². The van der Waals surface area contributed by atoms with Crippen LogP contribution in [0.3, 0.4) is 0 Å². The Kier molecular flexibility index (Phi) is 3.98. The number of carbonyl (C=O) groups is 2. The van der Waals surface area contributed by atoms with Crippen LogP contribution < -0.4 is 0 Å². The summed E-state index contributed by atoms with van der Waals surface area (Å²) in [5, 5.41) is 0. The summed E-state index contributed by atoms with van der Waals surface area (Å²) in [7, 11) is 0. The molecule has 0 heterocycles. The molecule has 0 N–H and O–H groups in total. The molecule has 4 saturated carbocycles. The zero-order chi connectivity index (χ0) is 15.0. The summed E-state index contributed by atoms with van der Waals surface area (Å²) >= 11 is 0. The zero-order valence-electron chi connectivity index (χ0n) is 13.1. The Morgan fingerprint density at radius 1 is 1.00 bits per heavy atom. The van der Waals surface area contributed by atoms with Crippen LogP contribution in [0.2, 0.25) is 0 Å². The molecule has 0 saturated heterocycles. The minimum Gasteiger partial charge on any atom is -0.465 e. The first-order chi connectivity index (χ1) is 10.0. The lowest BCUT2D eigenvalue weighted by atomic mass is 9.54. The van der Waals surface area contributed by atoms with E-state index in [0.717, 1.165) is 37.0 Å². The van der Waals surface area contributed by atoms with Gasteiger partial charge in [-0.15, -0.1) is 0 Å². The second-order valence-electron chi connectivity index (χ2n) is 7.23. The lowest BCUT2D eigenvalue weighted by Crippen LogP contribution is -2.53. The maximum Gasteiger partial charge on any atom is 0.320 e. The van der Waals surface area contributed by atoms with E-state index in [1.807, 2.05) is 6.92 Å². The molecule has 4 bridgehead atoms. The Morgan fingerprint density at radius 2 is 1.52 bits per heavy atom. The zero-order valence-corrected chi connectivity index (χ0v) is 13.1. The van der Waals surface area contributed by atoms with Gasteiger partial charge in [0.25, 0.3) is 0 Å². The largest absolute Gasteiger partial charge is 0.465 e. The molecule has 0 amide bonds. The van der Waals surface area contributed by atoms with Crippen LogP contribution in [-0.2, 0) is 19.1 Å². The van der Waals surface area contributed by atoms with Crippen molar-refractivity contribution < 1.29 is 19.1 Å². The van der Waals surface area contributed by atoms with E-state index in [4.69, 9.17) is 9.47 Å². The standard InChI is InChI=1S/C17H26O4/c1-3-14(15(18)20-4-2)16(19)21-17-8-11-5-12(9-17)7-13(6-11)10-17/h11-14H,3-10H2,1-2H3. The van der Waals surface area contributed by atoms with E-state index in [1.54, 1.807) is 6.92 Å². The van der Waals surface area contributed by atoms with Gasteiger partial charge in [0.1, 0.15) is 5.60 Å². The van der Waals surface area contributed by atoms with E-state index < -0.39 is 11.9 Å². The highest BCUT2D eigenvalue weighted by Crippen LogP contribution is 2.57. The number of hydrogen-bond donors (Lipinski definition) is 0. The summed E-state index contributed by atoms with van der Waals surface area (Å²) < 4.78 is 10.9. The van der Waals surface area contributed by atoms with E-state index >= 15 is 0 Å². The fraction of sp³-hybridized carbons (Fsp3) is 0.882. The summed E-state index contributed by atoms with van der Waals surface area (Å²) in [6, 6.07) is 0. The summed E-state index contributed by atoms with van der Waals surface area (Å²) in [6.45, 7) is 3.90. The second-order valence-corrected chi connectivity index (χ2v) is 7.23. The first-order valence-corrected chi connectivity index (χ1v) is 8.44. The number of esters is 2. The van der Waals surface area contributed by atoms with Crippen LogP contribution in [0.1, 0.15) is 58.8 Å². The quantitative estimate of drug-likeness (QED) is 0.577. The second kappa shape index (κ2) is 5.62. The van der Waals surface area contributed by atoms with E-state index in [9.17, 15) is 9.59 Å². The molecule has 1 unspecified atom stereocenters. The Morgan fingerprint density at radius 3 is 1.95 bits per heavy atom. The van der Waals surface area contributed by atoms with Crippen molar-refractivity contribution in [2.45, 2.75) is 64.4 Å². The molecule has 0 spiro atoms. The Labute approximate surface area is 126 Å². The summed E-state index contributed by atoms with van der Waals surface area (Å²) in [5.41, 5.74) is -0.272. The minimum atomic E-state index is -0.752. The van der Waals surface area contributed by atoms with E-state index in [2.05, 4.69) is 0 Å². The van der Waals surface area contributed by atoms with Gasteiger partial charge in [-0.2, -0.15) is 0 Å². The molecule has 0 aromatic rings. The number of hydrogen-bond acceptors (Lipinski definition) is 4. The summed E-state index contributed by atoms with van der Waals surface area (Å²) in [4.78, 5) is 24.3. The van der Waals surface area contributed by atoms with Gasteiger partial charge in [-0.25, -0.2) is 0 Å². The van der Waals surface area contributed by atoms with Crippen LogP contribution in [-0.4, -0.2) is 24.1 Å². The summed E-state index contributed by atoms with van der Waals surface area (Å²) in [6.07, 6.45) is 7.39. The SMILES string of the molecule is CCOC(=O)C(CC)C(=O)OC12CC3CC(CC(C3)C1)C2. The topological polar surface area (TPSA) is 52.6 Å². The molecule has 21 heavy (non-hydrogen) atoms. The number of ether oxygens (including phenoxy) is 2. The normalized spacial score (nSPS) is 38.1. The van der Waals surface area contributed by atoms with Gasteiger partial charge in [-0.05, 0) is 69.6 Å². The number of carbonyl (C=O) groups excluding carboxylic acids is 2. The number of rotatable bonds is 5. The van der Waals surface area contributed by atoms with E-state index in [1.165, 1.54) is 19.3 Å². The molecule has 0 aromatic carbocycles. The van der Waals surface area contributed by atoms with Gasteiger partial charge in [-0.3, -0.25) is 9.59 Å². The van der Waals surface area contributed by atoms with Gasteiger partial charge in [-0.1, -0.05) is 6.92 Å². The fourth-order valence-electron chi connectivity index (χ4n) is 5.11. The van der Waals surface area contributed by atoms with E-state index in [-0.39, 0.29) is 11.6 Å². The van der Waals surface area contributed by atoms with Crippen LogP contribution in [0.5, 0.6) is 0 Å². The predicted octanol–water partition coefficient (Wildman–Crippen LogP) is 3.09. The van der Waals surface area contributed by atoms with Gasteiger partial charge in [0, 0.05) is 0 Å². The third-order valence-electron chi connectivity index (χ3n) is 5.56. The van der Waals surface area contributed by atoms with E-state index in [0.29, 0.717) is 13.0 Å². The third kappa shape index (κ3) is 2.82. The molecule has 118 valence electrons. The third-order valence-corrected chi connectivity index (χ3v) is 5.56. The van der Waals surface area contributed by atoms with Crippen LogP contribution in [0, 0.1) is 23.7 Å². The fourth-order valence-corrected chi connectivity index (χ4v) is 5.11. The van der Waals surface area contributed by atoms with Crippen LogP contribution in [0.25, 0.3) is 0 Å². The van der Waals surface area contributed by atoms with Crippen molar-refractivity contribution in [2.24, 2.45) is 23.7 Å². The lowest BCUT2D eigenvalue weighted by molar-refractivity contribution is -0.193. The molecule has 0 aromatic heterocycles. The maximum absolute atomic E-state index is 12.5. The van der Waals surface area contributed by atoms with Crippen molar-refractivity contribution in [3.8, 4) is 0 Å². The van der Waals surface area contributed by atoms with Gasteiger partial charge < -0.3 is 9.47 Å². The highest BCUT2D eigenvalue weighted by molar-refractivity contribution is 5.95. The molecule has 0 radical (unpaired) electrons. The molecule has 4 aliphatic carbocycles. The lowest BCUT2D eigenvalue weighted by Gasteiger charge is -2.55. The highest BCUT2D eigenvalue weighted by atomic mass is 16.6. The molecule has 4 nitrogen and oxygen atoms in total. The summed E-state index contributed by atoms with van der Waals surface area (Å²) in [5.74, 6) is 0.635. The molecule has 4 rings (SSSR count). The van der Waals surface area contributed by atoms with Crippen molar-refractivity contribution in [1.82, 2.24) is 0 Å². The molecule has 4 fully saturated rings. The van der Waals surface area contributed by atoms with Gasteiger partial charge in [0.15, 0.2) is 5.92 Å². The Hall–Kier alpha value is -1.06. The van der Waals surface area contributed by atoms with Crippen molar-refractivity contribution in [2.75, 3.05) is 6.61 Å². The average molecular weight is 294 g/mol. The monoisotopic (exact) mass is 294 g/mol. The van der Waals surface area contributed by atoms with Crippen molar-refractivity contribution in [1.29, 1.82) is 0 Å². The molecule has 1 atom stereocenters. The smallest absolute Gasteiger partial charge is 0.320 e. The van der Waals surface area contributed by atoms with Crippen molar-refractivity contribution >= 4 is 11.9 Å². The van der Waals surface area contributed by atoms with Crippen LogP contribution in [0.15, 0.2) is 0 Å². The van der Waals surface area contributed by atoms with Crippen LogP contribution in [0.4, 0.5) is 0 Å². The Bertz CT molecular complexity index is 393. The van der Waals surface area contributed by atoms with Crippen molar-refractivity contribution in [3.05, 3.63) is 0 Å². The molecular weight excluding hydrogens is 268 g/mol. The first-order valence-electron chi connectivity index (χ1n) is 8.44. The van der Waals surface area contributed by atoms with Gasteiger partial charge in [0.2, 0.25) is 0 Å². The Balaban J connectivity index is 1.68. The molecular formula is C17H26O4. The molecule has 4 aliphatic rings.